The Balaban J connectivity index is 1.72. The first-order valence-electron chi connectivity index (χ1n) is 9.26. The first kappa shape index (κ1) is 24.4. The van der Waals surface area contributed by atoms with Gasteiger partial charge in [0.2, 0.25) is 15.9 Å². The van der Waals surface area contributed by atoms with Crippen LogP contribution in [0.1, 0.15) is 16.8 Å². The van der Waals surface area contributed by atoms with Gasteiger partial charge in [0.15, 0.2) is 0 Å². The van der Waals surface area contributed by atoms with Crippen molar-refractivity contribution in [1.82, 2.24) is 10.3 Å². The predicted octanol–water partition coefficient (Wildman–Crippen LogP) is 4.67. The van der Waals surface area contributed by atoms with Crippen molar-refractivity contribution in [2.75, 3.05) is 11.0 Å². The Morgan fingerprint density at radius 2 is 1.94 bits per heavy atom. The maximum Gasteiger partial charge on any atom is 0.433 e. The number of alkyl halides is 3. The number of hydrogen-bond acceptors (Lipinski definition) is 5. The van der Waals surface area contributed by atoms with E-state index >= 15 is 0 Å². The van der Waals surface area contributed by atoms with Crippen molar-refractivity contribution in [1.29, 1.82) is 0 Å². The average Bonchev–Trinajstić information content (AvgIpc) is 3.25. The SMILES string of the molecule is CS(=O)(=O)Nc1ccc(CNC(=O)C=Cc2ccc(C(F)(F)F)nc2-c2cccs2)cc1F. The van der Waals surface area contributed by atoms with E-state index in [1.54, 1.807) is 17.5 Å². The summed E-state index contributed by atoms with van der Waals surface area (Å²) < 4.78 is 77.6. The number of anilines is 1. The zero-order valence-electron chi connectivity index (χ0n) is 17.0. The van der Waals surface area contributed by atoms with Gasteiger partial charge < -0.3 is 5.32 Å². The van der Waals surface area contributed by atoms with E-state index in [1.807, 2.05) is 4.72 Å². The van der Waals surface area contributed by atoms with E-state index in [2.05, 4.69) is 10.3 Å². The van der Waals surface area contributed by atoms with Crippen molar-refractivity contribution in [3.05, 3.63) is 76.6 Å². The minimum Gasteiger partial charge on any atom is -0.348 e. The molecular formula is C21H17F4N3O3S2. The minimum absolute atomic E-state index is 0.0533. The van der Waals surface area contributed by atoms with E-state index in [9.17, 15) is 30.8 Å². The predicted molar refractivity (Wildman–Crippen MR) is 118 cm³/mol. The zero-order chi connectivity index (χ0) is 24.2. The molecule has 0 bridgehead atoms. The van der Waals surface area contributed by atoms with Crippen molar-refractivity contribution in [3.8, 4) is 10.6 Å². The van der Waals surface area contributed by atoms with Crippen LogP contribution >= 0.6 is 11.3 Å². The lowest BCUT2D eigenvalue weighted by Crippen LogP contribution is -2.20. The Morgan fingerprint density at radius 3 is 2.55 bits per heavy atom. The fraction of sp³-hybridized carbons (Fsp3) is 0.143. The van der Waals surface area contributed by atoms with Crippen LogP contribution in [-0.2, 0) is 27.5 Å². The average molecular weight is 500 g/mol. The molecule has 0 unspecified atom stereocenters. The zero-order valence-corrected chi connectivity index (χ0v) is 18.6. The normalized spacial score (nSPS) is 12.2. The molecular weight excluding hydrogens is 482 g/mol. The van der Waals surface area contributed by atoms with Gasteiger partial charge in [-0.2, -0.15) is 13.2 Å². The highest BCUT2D eigenvalue weighted by atomic mass is 32.2. The number of nitrogens with one attached hydrogen (secondary N) is 2. The summed E-state index contributed by atoms with van der Waals surface area (Å²) in [6.07, 6.45) is -1.23. The minimum atomic E-state index is -4.60. The van der Waals surface area contributed by atoms with Crippen LogP contribution in [0.5, 0.6) is 0 Å². The van der Waals surface area contributed by atoms with Crippen LogP contribution in [0.25, 0.3) is 16.6 Å². The molecule has 0 atom stereocenters. The molecule has 0 spiro atoms. The molecule has 0 saturated heterocycles. The summed E-state index contributed by atoms with van der Waals surface area (Å²) in [5.74, 6) is -1.37. The first-order valence-corrected chi connectivity index (χ1v) is 12.0. The quantitative estimate of drug-likeness (QED) is 0.365. The molecule has 33 heavy (non-hydrogen) atoms. The molecule has 1 aromatic carbocycles. The van der Waals surface area contributed by atoms with Gasteiger partial charge in [0, 0.05) is 18.2 Å². The molecule has 2 aromatic heterocycles. The number of thiophene rings is 1. The van der Waals surface area contributed by atoms with Gasteiger partial charge in [0.1, 0.15) is 11.5 Å². The number of benzene rings is 1. The van der Waals surface area contributed by atoms with Crippen LogP contribution in [0, 0.1) is 5.82 Å². The molecule has 6 nitrogen and oxygen atoms in total. The van der Waals surface area contributed by atoms with E-state index in [0.29, 0.717) is 16.0 Å². The number of halogens is 4. The smallest absolute Gasteiger partial charge is 0.348 e. The van der Waals surface area contributed by atoms with Gasteiger partial charge in [-0.15, -0.1) is 11.3 Å². The number of aromatic nitrogens is 1. The van der Waals surface area contributed by atoms with Gasteiger partial charge >= 0.3 is 6.18 Å². The van der Waals surface area contributed by atoms with Gasteiger partial charge in [-0.1, -0.05) is 18.2 Å². The van der Waals surface area contributed by atoms with E-state index in [1.165, 1.54) is 35.6 Å². The lowest BCUT2D eigenvalue weighted by molar-refractivity contribution is -0.141. The molecule has 0 fully saturated rings. The van der Waals surface area contributed by atoms with Gasteiger partial charge in [0.25, 0.3) is 0 Å². The standard InChI is InChI=1S/C21H17F4N3O3S2/c1-33(30,31)28-16-7-4-13(11-15(16)22)12-26-19(29)9-6-14-5-8-18(21(23,24)25)27-20(14)17-3-2-10-32-17/h2-11,28H,12H2,1H3,(H,26,29). The largest absolute Gasteiger partial charge is 0.433 e. The number of carbonyl (C=O) groups excluding carboxylic acids is 1. The van der Waals surface area contributed by atoms with Crippen LogP contribution in [0.3, 0.4) is 0 Å². The molecule has 3 rings (SSSR count). The Kier molecular flexibility index (Phi) is 7.18. The summed E-state index contributed by atoms with van der Waals surface area (Å²) in [7, 11) is -3.64. The fourth-order valence-corrected chi connectivity index (χ4v) is 4.04. The van der Waals surface area contributed by atoms with Crippen molar-refractivity contribution in [2.45, 2.75) is 12.7 Å². The Labute approximate surface area is 191 Å². The summed E-state index contributed by atoms with van der Waals surface area (Å²) in [4.78, 5) is 16.4. The molecule has 1 amide bonds. The molecule has 0 radical (unpaired) electrons. The second-order valence-electron chi connectivity index (χ2n) is 6.85. The van der Waals surface area contributed by atoms with Crippen LogP contribution in [0.4, 0.5) is 23.2 Å². The Hall–Kier alpha value is -3.25. The second kappa shape index (κ2) is 9.71. The van der Waals surface area contributed by atoms with E-state index < -0.39 is 33.6 Å². The van der Waals surface area contributed by atoms with Crippen LogP contribution in [0.2, 0.25) is 0 Å². The van der Waals surface area contributed by atoms with Crippen LogP contribution in [-0.4, -0.2) is 25.6 Å². The van der Waals surface area contributed by atoms with Crippen molar-refractivity contribution in [2.24, 2.45) is 0 Å². The summed E-state index contributed by atoms with van der Waals surface area (Å²) in [6, 6.07) is 9.12. The van der Waals surface area contributed by atoms with Gasteiger partial charge in [-0.25, -0.2) is 17.8 Å². The monoisotopic (exact) mass is 499 g/mol. The molecule has 12 heteroatoms. The van der Waals surface area contributed by atoms with E-state index in [0.717, 1.165) is 24.5 Å². The fourth-order valence-electron chi connectivity index (χ4n) is 2.74. The highest BCUT2D eigenvalue weighted by Crippen LogP contribution is 2.33. The lowest BCUT2D eigenvalue weighted by atomic mass is 10.1. The van der Waals surface area contributed by atoms with Gasteiger partial charge in [-0.3, -0.25) is 9.52 Å². The number of carbonyl (C=O) groups is 1. The van der Waals surface area contributed by atoms with Crippen molar-refractivity contribution < 1.29 is 30.8 Å². The number of rotatable bonds is 7. The summed E-state index contributed by atoms with van der Waals surface area (Å²) in [5, 5.41) is 4.23. The van der Waals surface area contributed by atoms with Crippen LogP contribution < -0.4 is 10.0 Å². The van der Waals surface area contributed by atoms with Crippen LogP contribution in [0.15, 0.2) is 53.9 Å². The molecule has 3 aromatic rings. The highest BCUT2D eigenvalue weighted by Gasteiger charge is 2.33. The maximum atomic E-state index is 14.0. The number of amides is 1. The topological polar surface area (TPSA) is 88.2 Å². The second-order valence-corrected chi connectivity index (χ2v) is 9.55. The maximum absolute atomic E-state index is 14.0. The summed E-state index contributed by atoms with van der Waals surface area (Å²) >= 11 is 1.21. The first-order chi connectivity index (χ1) is 15.4. The van der Waals surface area contributed by atoms with Gasteiger partial charge in [0.05, 0.1) is 22.5 Å². The molecule has 174 valence electrons. The Morgan fingerprint density at radius 1 is 1.18 bits per heavy atom. The molecule has 0 aliphatic rings. The lowest BCUT2D eigenvalue weighted by Gasteiger charge is -2.10. The molecule has 2 N–H and O–H groups in total. The Bertz CT molecular complexity index is 1290. The number of hydrogen-bond donors (Lipinski definition) is 2. The third-order valence-corrected chi connectivity index (χ3v) is 5.65. The molecule has 0 aliphatic heterocycles. The summed E-state index contributed by atoms with van der Waals surface area (Å²) in [6.45, 7) is -0.0533. The number of sulfonamides is 1. The summed E-state index contributed by atoms with van der Waals surface area (Å²) in [5.41, 5.74) is -0.460. The van der Waals surface area contributed by atoms with E-state index in [4.69, 9.17) is 0 Å². The van der Waals surface area contributed by atoms with Crippen molar-refractivity contribution >= 4 is 39.0 Å². The molecule has 0 saturated carbocycles. The molecule has 0 aliphatic carbocycles. The van der Waals surface area contributed by atoms with E-state index in [-0.39, 0.29) is 17.9 Å². The van der Waals surface area contributed by atoms with Gasteiger partial charge in [-0.05, 0) is 41.3 Å². The third-order valence-electron chi connectivity index (χ3n) is 4.18. The number of pyridine rings is 1. The third kappa shape index (κ3) is 6.86. The van der Waals surface area contributed by atoms with Crippen molar-refractivity contribution in [3.63, 3.8) is 0 Å². The molecule has 2 heterocycles. The highest BCUT2D eigenvalue weighted by molar-refractivity contribution is 7.92. The number of nitrogens with zero attached hydrogens (tertiary/aromatic N) is 1.